The molecule has 1 unspecified atom stereocenters. The van der Waals surface area contributed by atoms with Gasteiger partial charge in [-0.05, 0) is 19.1 Å². The van der Waals surface area contributed by atoms with Crippen molar-refractivity contribution in [3.63, 3.8) is 0 Å². The van der Waals surface area contributed by atoms with Crippen LogP contribution < -0.4 is 0 Å². The number of nitrogens with zero attached hydrogens (tertiary/aromatic N) is 5. The van der Waals surface area contributed by atoms with Gasteiger partial charge in [0.25, 0.3) is 5.91 Å². The molecule has 1 atom stereocenters. The van der Waals surface area contributed by atoms with Gasteiger partial charge in [0.15, 0.2) is 0 Å². The molecule has 1 aromatic heterocycles. The first-order valence-electron chi connectivity index (χ1n) is 7.90. The lowest BCUT2D eigenvalue weighted by atomic mass is 10.1. The van der Waals surface area contributed by atoms with Gasteiger partial charge < -0.3 is 5.11 Å². The summed E-state index contributed by atoms with van der Waals surface area (Å²) in [4.78, 5) is 20.2. The fourth-order valence-electron chi connectivity index (χ4n) is 2.65. The number of β-amino-alcohol motifs (C(OH)–C–C–N with tert-alkyl or cyclic N) is 1. The van der Waals surface area contributed by atoms with E-state index in [1.807, 2.05) is 32.0 Å². The third-order valence-electron chi connectivity index (χ3n) is 3.80. The monoisotopic (exact) mass is 331 g/mol. The number of aliphatic hydroxyl groups is 1. The maximum absolute atomic E-state index is 13.2. The molecule has 0 aliphatic carbocycles. The maximum atomic E-state index is 13.2. The molecule has 8 nitrogen and oxygen atoms in total. The highest BCUT2D eigenvalue weighted by atomic mass is 16.7. The number of aromatic nitrogens is 3. The van der Waals surface area contributed by atoms with Gasteiger partial charge in [-0.1, -0.05) is 23.7 Å². The Labute approximate surface area is 140 Å². The number of amides is 1. The summed E-state index contributed by atoms with van der Waals surface area (Å²) in [5.41, 5.74) is 2.07. The molecule has 0 spiro atoms. The van der Waals surface area contributed by atoms with Gasteiger partial charge in [-0.3, -0.25) is 9.63 Å². The summed E-state index contributed by atoms with van der Waals surface area (Å²) in [6.45, 7) is 5.13. The Morgan fingerprint density at radius 2 is 2.12 bits per heavy atom. The van der Waals surface area contributed by atoms with E-state index in [9.17, 15) is 9.90 Å². The number of aliphatic hydroxyl groups excluding tert-OH is 1. The van der Waals surface area contributed by atoms with Crippen molar-refractivity contribution in [3.8, 4) is 5.69 Å². The zero-order valence-electron chi connectivity index (χ0n) is 13.8. The molecular weight excluding hydrogens is 310 g/mol. The fraction of sp³-hybridized carbons (Fsp3) is 0.438. The molecule has 0 saturated carbocycles. The second kappa shape index (κ2) is 7.08. The predicted octanol–water partition coefficient (Wildman–Crippen LogP) is 0.809. The molecule has 1 amide bonds. The van der Waals surface area contributed by atoms with Gasteiger partial charge in [0, 0.05) is 12.5 Å². The molecule has 0 bridgehead atoms. The summed E-state index contributed by atoms with van der Waals surface area (Å²) < 4.78 is 0. The van der Waals surface area contributed by atoms with Crippen molar-refractivity contribution in [1.29, 1.82) is 0 Å². The van der Waals surface area contributed by atoms with Crippen molar-refractivity contribution in [2.24, 2.45) is 5.92 Å². The number of carbonyl (C=O) groups is 1. The van der Waals surface area contributed by atoms with Gasteiger partial charge in [0.1, 0.15) is 0 Å². The quantitative estimate of drug-likeness (QED) is 0.892. The second-order valence-corrected chi connectivity index (χ2v) is 5.93. The Morgan fingerprint density at radius 1 is 1.38 bits per heavy atom. The Bertz CT molecular complexity index is 704. The smallest absolute Gasteiger partial charge is 0.272 e. The van der Waals surface area contributed by atoms with E-state index in [2.05, 4.69) is 10.2 Å². The van der Waals surface area contributed by atoms with Gasteiger partial charge >= 0.3 is 0 Å². The molecule has 24 heavy (non-hydrogen) atoms. The molecule has 1 saturated heterocycles. The minimum atomic E-state index is -0.203. The van der Waals surface area contributed by atoms with E-state index in [0.717, 1.165) is 5.56 Å². The van der Waals surface area contributed by atoms with Crippen molar-refractivity contribution >= 4 is 5.91 Å². The zero-order valence-corrected chi connectivity index (χ0v) is 13.8. The molecular formula is C16H21N5O3. The van der Waals surface area contributed by atoms with Gasteiger partial charge in [-0.2, -0.15) is 15.0 Å². The molecule has 3 rings (SSSR count). The van der Waals surface area contributed by atoms with Crippen LogP contribution in [0.3, 0.4) is 0 Å². The molecule has 1 aliphatic rings. The zero-order chi connectivity index (χ0) is 17.1. The van der Waals surface area contributed by atoms with Crippen molar-refractivity contribution in [2.75, 3.05) is 26.3 Å². The molecule has 1 N–H and O–H groups in total. The number of benzene rings is 1. The van der Waals surface area contributed by atoms with Crippen LogP contribution in [0.5, 0.6) is 0 Å². The van der Waals surface area contributed by atoms with Crippen LogP contribution in [0.1, 0.15) is 22.8 Å². The first kappa shape index (κ1) is 16.6. The van der Waals surface area contributed by atoms with Crippen molar-refractivity contribution in [1.82, 2.24) is 25.2 Å². The van der Waals surface area contributed by atoms with Crippen LogP contribution in [0.15, 0.2) is 30.6 Å². The third-order valence-corrected chi connectivity index (χ3v) is 3.80. The number of hydrazine groups is 1. The maximum Gasteiger partial charge on any atom is 0.272 e. The van der Waals surface area contributed by atoms with Crippen molar-refractivity contribution < 1.29 is 14.7 Å². The van der Waals surface area contributed by atoms with E-state index in [4.69, 9.17) is 4.84 Å². The third kappa shape index (κ3) is 3.30. The second-order valence-electron chi connectivity index (χ2n) is 5.93. The van der Waals surface area contributed by atoms with E-state index in [1.165, 1.54) is 15.0 Å². The van der Waals surface area contributed by atoms with Crippen LogP contribution in [0.2, 0.25) is 0 Å². The first-order valence-corrected chi connectivity index (χ1v) is 7.90. The molecule has 1 aromatic carbocycles. The predicted molar refractivity (Wildman–Crippen MR) is 86.0 cm³/mol. The van der Waals surface area contributed by atoms with E-state index in [0.29, 0.717) is 24.4 Å². The Kier molecular flexibility index (Phi) is 4.89. The average molecular weight is 331 g/mol. The first-order chi connectivity index (χ1) is 11.6. The molecule has 2 heterocycles. The van der Waals surface area contributed by atoms with E-state index in [1.54, 1.807) is 12.4 Å². The minimum Gasteiger partial charge on any atom is -0.395 e. The summed E-state index contributed by atoms with van der Waals surface area (Å²) >= 11 is 0. The van der Waals surface area contributed by atoms with Gasteiger partial charge in [0.2, 0.25) is 0 Å². The van der Waals surface area contributed by atoms with E-state index in [-0.39, 0.29) is 25.0 Å². The van der Waals surface area contributed by atoms with Crippen molar-refractivity contribution in [2.45, 2.75) is 13.8 Å². The minimum absolute atomic E-state index is 0.0977. The number of hydrogen-bond donors (Lipinski definition) is 1. The summed E-state index contributed by atoms with van der Waals surface area (Å²) in [5.74, 6) is 0.00554. The highest BCUT2D eigenvalue weighted by Gasteiger charge is 2.31. The average Bonchev–Trinajstić information content (AvgIpc) is 3.10. The molecule has 0 radical (unpaired) electrons. The van der Waals surface area contributed by atoms with Crippen LogP contribution in [0.4, 0.5) is 0 Å². The number of hydroxylamine groups is 1. The summed E-state index contributed by atoms with van der Waals surface area (Å²) in [5, 5.41) is 20.4. The van der Waals surface area contributed by atoms with Gasteiger partial charge in [-0.25, -0.2) is 5.01 Å². The highest BCUT2D eigenvalue weighted by molar-refractivity contribution is 5.97. The number of hydrogen-bond acceptors (Lipinski definition) is 6. The summed E-state index contributed by atoms with van der Waals surface area (Å²) in [7, 11) is 0. The largest absolute Gasteiger partial charge is 0.395 e. The Morgan fingerprint density at radius 3 is 2.83 bits per heavy atom. The lowest BCUT2D eigenvalue weighted by Crippen LogP contribution is -2.54. The number of aryl methyl sites for hydroxylation is 1. The van der Waals surface area contributed by atoms with Crippen LogP contribution >= 0.6 is 0 Å². The fourth-order valence-corrected chi connectivity index (χ4v) is 2.65. The van der Waals surface area contributed by atoms with Crippen LogP contribution in [-0.2, 0) is 4.84 Å². The summed E-state index contributed by atoms with van der Waals surface area (Å²) in [6.07, 6.45) is 3.14. The molecule has 1 aliphatic heterocycles. The normalized spacial score (nSPS) is 18.8. The standard InChI is InChI=1S/C16H21N5O3/c1-12-3-4-15(21-17-5-6-18-21)14(9-12)16(23)19-10-13(2)11-24-20(19)7-8-22/h3-6,9,13,22H,7-8,10-11H2,1-2H3. The number of rotatable bonds is 4. The lowest BCUT2D eigenvalue weighted by Gasteiger charge is -2.39. The van der Waals surface area contributed by atoms with E-state index < -0.39 is 0 Å². The topological polar surface area (TPSA) is 83.7 Å². The summed E-state index contributed by atoms with van der Waals surface area (Å²) in [6, 6.07) is 5.56. The Hall–Kier alpha value is -2.29. The lowest BCUT2D eigenvalue weighted by molar-refractivity contribution is -0.300. The van der Waals surface area contributed by atoms with Crippen LogP contribution in [0, 0.1) is 12.8 Å². The highest BCUT2D eigenvalue weighted by Crippen LogP contribution is 2.21. The van der Waals surface area contributed by atoms with Crippen molar-refractivity contribution in [3.05, 3.63) is 41.7 Å². The number of carbonyl (C=O) groups excluding carboxylic acids is 1. The van der Waals surface area contributed by atoms with Crippen LogP contribution in [0.25, 0.3) is 5.69 Å². The molecule has 2 aromatic rings. The molecule has 8 heteroatoms. The van der Waals surface area contributed by atoms with Gasteiger partial charge in [-0.15, -0.1) is 0 Å². The molecule has 128 valence electrons. The van der Waals surface area contributed by atoms with E-state index >= 15 is 0 Å². The Balaban J connectivity index is 1.97. The van der Waals surface area contributed by atoms with Crippen LogP contribution in [-0.4, -0.2) is 62.5 Å². The molecule has 1 fully saturated rings. The van der Waals surface area contributed by atoms with Gasteiger partial charge in [0.05, 0.1) is 43.4 Å². The SMILES string of the molecule is Cc1ccc(-n2nccn2)c(C(=O)N2CC(C)CON2CCO)c1.